The Morgan fingerprint density at radius 3 is 2.89 bits per heavy atom. The van der Waals surface area contributed by atoms with Gasteiger partial charge in [-0.25, -0.2) is 0 Å². The first kappa shape index (κ1) is 6.08. The van der Waals surface area contributed by atoms with Gasteiger partial charge >= 0.3 is 0 Å². The SMILES string of the molecule is COC1=CC(=N)CC=C1. The molecule has 0 atom stereocenters. The molecule has 0 unspecified atom stereocenters. The number of nitrogens with one attached hydrogen (secondary N) is 1. The van der Waals surface area contributed by atoms with Crippen molar-refractivity contribution in [2.45, 2.75) is 6.42 Å². The molecule has 1 N–H and O–H groups in total. The molecule has 0 fully saturated rings. The molecule has 0 heterocycles. The lowest BCUT2D eigenvalue weighted by molar-refractivity contribution is 0.307. The molecule has 0 aromatic rings. The first-order valence-electron chi connectivity index (χ1n) is 2.82. The van der Waals surface area contributed by atoms with E-state index in [1.54, 1.807) is 13.2 Å². The van der Waals surface area contributed by atoms with Gasteiger partial charge in [-0.15, -0.1) is 0 Å². The van der Waals surface area contributed by atoms with Crippen LogP contribution in [0.5, 0.6) is 0 Å². The Kier molecular flexibility index (Phi) is 1.68. The third-order valence-corrected chi connectivity index (χ3v) is 1.17. The van der Waals surface area contributed by atoms with Crippen LogP contribution in [-0.4, -0.2) is 12.8 Å². The van der Waals surface area contributed by atoms with E-state index in [0.717, 1.165) is 12.2 Å². The van der Waals surface area contributed by atoms with Crippen molar-refractivity contribution in [3.05, 3.63) is 24.0 Å². The van der Waals surface area contributed by atoms with Gasteiger partial charge in [0.15, 0.2) is 0 Å². The molecule has 0 radical (unpaired) electrons. The highest BCUT2D eigenvalue weighted by molar-refractivity contribution is 5.95. The molecule has 0 spiro atoms. The van der Waals surface area contributed by atoms with Gasteiger partial charge in [-0.2, -0.15) is 0 Å². The summed E-state index contributed by atoms with van der Waals surface area (Å²) in [7, 11) is 1.61. The van der Waals surface area contributed by atoms with E-state index in [4.69, 9.17) is 10.1 Å². The average Bonchev–Trinajstić information content (AvgIpc) is 1.88. The van der Waals surface area contributed by atoms with E-state index in [0.29, 0.717) is 5.71 Å². The Morgan fingerprint density at radius 2 is 2.44 bits per heavy atom. The predicted octanol–water partition coefficient (Wildman–Crippen LogP) is 1.50. The topological polar surface area (TPSA) is 33.1 Å². The van der Waals surface area contributed by atoms with Gasteiger partial charge in [-0.05, 0) is 6.08 Å². The van der Waals surface area contributed by atoms with Crippen molar-refractivity contribution in [1.29, 1.82) is 5.41 Å². The number of hydrogen-bond donors (Lipinski definition) is 1. The smallest absolute Gasteiger partial charge is 0.120 e. The molecule has 0 aromatic carbocycles. The predicted molar refractivity (Wildman–Crippen MR) is 36.6 cm³/mol. The molecule has 1 rings (SSSR count). The van der Waals surface area contributed by atoms with E-state index in [2.05, 4.69) is 0 Å². The fourth-order valence-corrected chi connectivity index (χ4v) is 0.708. The maximum absolute atomic E-state index is 7.21. The normalized spacial score (nSPS) is 17.4. The van der Waals surface area contributed by atoms with Crippen molar-refractivity contribution in [3.63, 3.8) is 0 Å². The summed E-state index contributed by atoms with van der Waals surface area (Å²) in [5, 5.41) is 7.21. The summed E-state index contributed by atoms with van der Waals surface area (Å²) in [5.41, 5.74) is 0.606. The van der Waals surface area contributed by atoms with E-state index in [-0.39, 0.29) is 0 Å². The van der Waals surface area contributed by atoms with Crippen LogP contribution >= 0.6 is 0 Å². The Bertz CT molecular complexity index is 179. The third kappa shape index (κ3) is 1.42. The molecule has 0 amide bonds. The Hall–Kier alpha value is -1.05. The molecule has 0 aromatic heterocycles. The van der Waals surface area contributed by atoms with Gasteiger partial charge in [0.1, 0.15) is 5.76 Å². The van der Waals surface area contributed by atoms with Crippen LogP contribution in [0.15, 0.2) is 24.0 Å². The van der Waals surface area contributed by atoms with Gasteiger partial charge in [-0.3, -0.25) is 0 Å². The summed E-state index contributed by atoms with van der Waals surface area (Å²) < 4.78 is 4.89. The van der Waals surface area contributed by atoms with Crippen LogP contribution in [0.25, 0.3) is 0 Å². The summed E-state index contributed by atoms with van der Waals surface area (Å²) in [4.78, 5) is 0. The zero-order valence-electron chi connectivity index (χ0n) is 5.35. The molecular weight excluding hydrogens is 114 g/mol. The summed E-state index contributed by atoms with van der Waals surface area (Å²) in [6.07, 6.45) is 6.24. The number of rotatable bonds is 1. The second-order valence-corrected chi connectivity index (χ2v) is 1.88. The number of hydrogen-bond acceptors (Lipinski definition) is 2. The standard InChI is InChI=1S/C7H9NO/c1-9-7-4-2-3-6(8)5-7/h2,4-5,8H,3H2,1H3. The van der Waals surface area contributed by atoms with Gasteiger partial charge in [0.05, 0.1) is 7.11 Å². The van der Waals surface area contributed by atoms with E-state index in [1.165, 1.54) is 0 Å². The second-order valence-electron chi connectivity index (χ2n) is 1.88. The summed E-state index contributed by atoms with van der Waals surface area (Å²) >= 11 is 0. The lowest BCUT2D eigenvalue weighted by atomic mass is 10.1. The molecule has 0 saturated carbocycles. The quantitative estimate of drug-likeness (QED) is 0.563. The maximum Gasteiger partial charge on any atom is 0.120 e. The largest absolute Gasteiger partial charge is 0.497 e. The lowest BCUT2D eigenvalue weighted by Crippen LogP contribution is -1.96. The first-order valence-corrected chi connectivity index (χ1v) is 2.82. The van der Waals surface area contributed by atoms with Crippen LogP contribution in [-0.2, 0) is 4.74 Å². The van der Waals surface area contributed by atoms with Gasteiger partial charge in [-0.1, -0.05) is 6.08 Å². The van der Waals surface area contributed by atoms with Crippen molar-refractivity contribution in [2.75, 3.05) is 7.11 Å². The van der Waals surface area contributed by atoms with E-state index in [9.17, 15) is 0 Å². The molecule has 1 aliphatic carbocycles. The van der Waals surface area contributed by atoms with Crippen molar-refractivity contribution in [2.24, 2.45) is 0 Å². The van der Waals surface area contributed by atoms with E-state index >= 15 is 0 Å². The highest BCUT2D eigenvalue weighted by Crippen LogP contribution is 2.06. The highest BCUT2D eigenvalue weighted by Gasteiger charge is 1.98. The average molecular weight is 123 g/mol. The zero-order chi connectivity index (χ0) is 6.69. The first-order chi connectivity index (χ1) is 4.33. The Morgan fingerprint density at radius 1 is 1.67 bits per heavy atom. The number of allylic oxidation sites excluding steroid dienone is 3. The fraction of sp³-hybridized carbons (Fsp3) is 0.286. The molecule has 0 bridgehead atoms. The van der Waals surface area contributed by atoms with Crippen molar-refractivity contribution >= 4 is 5.71 Å². The number of ether oxygens (including phenoxy) is 1. The third-order valence-electron chi connectivity index (χ3n) is 1.17. The minimum absolute atomic E-state index is 0.606. The highest BCUT2D eigenvalue weighted by atomic mass is 16.5. The van der Waals surface area contributed by atoms with Gasteiger partial charge in [0.25, 0.3) is 0 Å². The van der Waals surface area contributed by atoms with E-state index in [1.807, 2.05) is 12.2 Å². The van der Waals surface area contributed by atoms with Crippen LogP contribution in [0, 0.1) is 5.41 Å². The molecule has 9 heavy (non-hydrogen) atoms. The van der Waals surface area contributed by atoms with Crippen molar-refractivity contribution in [1.82, 2.24) is 0 Å². The molecule has 2 heteroatoms. The minimum Gasteiger partial charge on any atom is -0.497 e. The van der Waals surface area contributed by atoms with Crippen molar-refractivity contribution < 1.29 is 4.74 Å². The summed E-state index contributed by atoms with van der Waals surface area (Å²) in [6, 6.07) is 0. The van der Waals surface area contributed by atoms with E-state index < -0.39 is 0 Å². The molecule has 0 aliphatic heterocycles. The van der Waals surface area contributed by atoms with Crippen LogP contribution < -0.4 is 0 Å². The minimum atomic E-state index is 0.606. The van der Waals surface area contributed by atoms with Gasteiger partial charge < -0.3 is 10.1 Å². The van der Waals surface area contributed by atoms with Crippen LogP contribution in [0.1, 0.15) is 6.42 Å². The molecule has 1 aliphatic rings. The fourth-order valence-electron chi connectivity index (χ4n) is 0.708. The number of methoxy groups -OCH3 is 1. The molecule has 48 valence electrons. The van der Waals surface area contributed by atoms with Crippen LogP contribution in [0.2, 0.25) is 0 Å². The second kappa shape index (κ2) is 2.49. The van der Waals surface area contributed by atoms with Gasteiger partial charge in [0.2, 0.25) is 0 Å². The molecule has 0 saturated heterocycles. The Balaban J connectivity index is 2.70. The monoisotopic (exact) mass is 123 g/mol. The van der Waals surface area contributed by atoms with Crippen LogP contribution in [0.3, 0.4) is 0 Å². The van der Waals surface area contributed by atoms with Crippen molar-refractivity contribution in [3.8, 4) is 0 Å². The summed E-state index contributed by atoms with van der Waals surface area (Å²) in [6.45, 7) is 0. The summed E-state index contributed by atoms with van der Waals surface area (Å²) in [5.74, 6) is 0.770. The lowest BCUT2D eigenvalue weighted by Gasteiger charge is -2.04. The zero-order valence-corrected chi connectivity index (χ0v) is 5.35. The maximum atomic E-state index is 7.21. The molecular formula is C7H9NO. The van der Waals surface area contributed by atoms with Gasteiger partial charge in [0, 0.05) is 18.2 Å². The Labute approximate surface area is 54.3 Å². The molecule has 2 nitrogen and oxygen atoms in total. The van der Waals surface area contributed by atoms with Crippen LogP contribution in [0.4, 0.5) is 0 Å².